The maximum absolute atomic E-state index is 14.1. The number of hydrogen-bond acceptors (Lipinski definition) is 5. The van der Waals surface area contributed by atoms with Crippen molar-refractivity contribution < 1.29 is 17.2 Å². The van der Waals surface area contributed by atoms with Crippen molar-refractivity contribution in [2.75, 3.05) is 17.1 Å². The molecule has 2 aromatic rings. The zero-order valence-electron chi connectivity index (χ0n) is 12.2. The van der Waals surface area contributed by atoms with Gasteiger partial charge >= 0.3 is 5.69 Å². The van der Waals surface area contributed by atoms with Gasteiger partial charge in [0.15, 0.2) is 5.82 Å². The molecule has 1 N–H and O–H groups in total. The number of nitrogens with zero attached hydrogens (tertiary/aromatic N) is 4. The fraction of sp³-hybridized carbons (Fsp3) is 0.417. The van der Waals surface area contributed by atoms with Crippen LogP contribution in [-0.2, 0) is 16.6 Å². The molecule has 0 aliphatic rings. The van der Waals surface area contributed by atoms with E-state index in [2.05, 4.69) is 15.1 Å². The smallest absolute Gasteiger partial charge is 0.283 e. The third-order valence-electron chi connectivity index (χ3n) is 2.97. The number of sulfonamides is 1. The Labute approximate surface area is 130 Å². The Hall–Kier alpha value is -2.30. The van der Waals surface area contributed by atoms with E-state index in [1.807, 2.05) is 0 Å². The van der Waals surface area contributed by atoms with E-state index in [-0.39, 0.29) is 30.1 Å². The second-order valence-electron chi connectivity index (χ2n) is 4.61. The molecule has 0 spiro atoms. The summed E-state index contributed by atoms with van der Waals surface area (Å²) in [5.74, 6) is -1.00. The minimum Gasteiger partial charge on any atom is -0.283 e. The summed E-state index contributed by atoms with van der Waals surface area (Å²) >= 11 is 0. The topological polar surface area (TPSA) is 98.9 Å². The average molecular weight is 347 g/mol. The minimum absolute atomic E-state index is 0.0331. The van der Waals surface area contributed by atoms with Crippen LogP contribution in [0, 0.1) is 5.82 Å². The largest absolute Gasteiger partial charge is 0.368 e. The second kappa shape index (κ2) is 6.86. The molecular formula is C12H15F2N5O3S. The van der Waals surface area contributed by atoms with Crippen molar-refractivity contribution in [1.29, 1.82) is 0 Å². The number of aromatic nitrogens is 4. The number of benzene rings is 1. The molecule has 0 saturated heterocycles. The maximum atomic E-state index is 14.1. The summed E-state index contributed by atoms with van der Waals surface area (Å²) in [6, 6.07) is 3.45. The van der Waals surface area contributed by atoms with Gasteiger partial charge in [0, 0.05) is 6.07 Å². The third kappa shape index (κ3) is 3.92. The molecule has 1 aromatic heterocycles. The Bertz CT molecular complexity index is 847. The monoisotopic (exact) mass is 347 g/mol. The molecule has 1 heterocycles. The molecule has 0 fully saturated rings. The Kier molecular flexibility index (Phi) is 5.08. The first-order chi connectivity index (χ1) is 10.9. The average Bonchev–Trinajstić information content (AvgIpc) is 2.86. The van der Waals surface area contributed by atoms with Crippen molar-refractivity contribution in [2.24, 2.45) is 0 Å². The van der Waals surface area contributed by atoms with Gasteiger partial charge < -0.3 is 0 Å². The number of nitrogens with one attached hydrogen (secondary N) is 1. The zero-order chi connectivity index (χ0) is 17.0. The van der Waals surface area contributed by atoms with Crippen molar-refractivity contribution in [3.63, 3.8) is 0 Å². The van der Waals surface area contributed by atoms with Crippen LogP contribution in [-0.4, -0.2) is 40.6 Å². The zero-order valence-corrected chi connectivity index (χ0v) is 13.1. The van der Waals surface area contributed by atoms with Gasteiger partial charge in [0.1, 0.15) is 5.69 Å². The van der Waals surface area contributed by atoms with Gasteiger partial charge in [0.25, 0.3) is 0 Å². The van der Waals surface area contributed by atoms with Crippen molar-refractivity contribution in [3.8, 4) is 5.69 Å². The molecule has 23 heavy (non-hydrogen) atoms. The Morgan fingerprint density at radius 3 is 2.65 bits per heavy atom. The van der Waals surface area contributed by atoms with Crippen LogP contribution in [0.25, 0.3) is 5.69 Å². The number of hydrogen-bond donors (Lipinski definition) is 1. The van der Waals surface area contributed by atoms with Crippen LogP contribution in [0.3, 0.4) is 0 Å². The molecule has 0 atom stereocenters. The molecule has 0 amide bonds. The number of rotatable bonds is 7. The van der Waals surface area contributed by atoms with Gasteiger partial charge in [-0.3, -0.25) is 9.11 Å². The van der Waals surface area contributed by atoms with Crippen LogP contribution in [0.2, 0.25) is 0 Å². The number of tetrazole rings is 1. The van der Waals surface area contributed by atoms with Crippen LogP contribution in [0.5, 0.6) is 0 Å². The molecule has 126 valence electrons. The van der Waals surface area contributed by atoms with E-state index in [1.54, 1.807) is 0 Å². The SMILES string of the molecule is CCS(=O)(=O)Nc1ccc(-n2nnn(CCCF)c2=O)c(F)c1. The molecule has 0 bridgehead atoms. The summed E-state index contributed by atoms with van der Waals surface area (Å²) in [6.45, 7) is 0.869. The number of anilines is 1. The minimum atomic E-state index is -3.53. The predicted octanol–water partition coefficient (Wildman–Crippen LogP) is 0.689. The summed E-state index contributed by atoms with van der Waals surface area (Å²) in [7, 11) is -3.53. The highest BCUT2D eigenvalue weighted by molar-refractivity contribution is 7.92. The Balaban J connectivity index is 2.32. The lowest BCUT2D eigenvalue weighted by atomic mass is 10.3. The standard InChI is InChI=1S/C12H15F2N5O3S/c1-2-23(21,22)15-9-4-5-11(10(14)8-9)19-12(20)18(16-17-19)7-3-6-13/h4-5,8,15H,2-3,6-7H2,1H3. The van der Waals surface area contributed by atoms with E-state index in [1.165, 1.54) is 19.1 Å². The quantitative estimate of drug-likeness (QED) is 0.794. The Morgan fingerprint density at radius 1 is 1.30 bits per heavy atom. The molecule has 0 radical (unpaired) electrons. The molecule has 0 aliphatic carbocycles. The molecule has 11 heteroatoms. The molecular weight excluding hydrogens is 332 g/mol. The van der Waals surface area contributed by atoms with Crippen LogP contribution < -0.4 is 10.4 Å². The van der Waals surface area contributed by atoms with Crippen LogP contribution in [0.15, 0.2) is 23.0 Å². The number of halogens is 2. The molecule has 0 saturated carbocycles. The molecule has 8 nitrogen and oxygen atoms in total. The summed E-state index contributed by atoms with van der Waals surface area (Å²) in [5.41, 5.74) is -0.855. The maximum Gasteiger partial charge on any atom is 0.368 e. The van der Waals surface area contributed by atoms with Crippen molar-refractivity contribution >= 4 is 15.7 Å². The fourth-order valence-corrected chi connectivity index (χ4v) is 2.40. The summed E-state index contributed by atoms with van der Waals surface area (Å²) in [5, 5.41) is 7.07. The van der Waals surface area contributed by atoms with E-state index in [4.69, 9.17) is 0 Å². The first kappa shape index (κ1) is 17.1. The van der Waals surface area contributed by atoms with Gasteiger partial charge in [-0.1, -0.05) is 0 Å². The number of aryl methyl sites for hydroxylation is 1. The van der Waals surface area contributed by atoms with Gasteiger partial charge in [-0.15, -0.1) is 0 Å². The van der Waals surface area contributed by atoms with Crippen LogP contribution in [0.4, 0.5) is 14.5 Å². The Morgan fingerprint density at radius 2 is 2.04 bits per heavy atom. The van der Waals surface area contributed by atoms with Gasteiger partial charge in [-0.2, -0.15) is 9.36 Å². The first-order valence-electron chi connectivity index (χ1n) is 6.77. The van der Waals surface area contributed by atoms with Crippen LogP contribution in [0.1, 0.15) is 13.3 Å². The molecule has 0 aliphatic heterocycles. The third-order valence-corrected chi connectivity index (χ3v) is 4.28. The summed E-state index contributed by atoms with van der Waals surface area (Å²) < 4.78 is 53.0. The molecule has 1 aromatic carbocycles. The summed E-state index contributed by atoms with van der Waals surface area (Å²) in [6.07, 6.45) is 0.0960. The van der Waals surface area contributed by atoms with E-state index >= 15 is 0 Å². The first-order valence-corrected chi connectivity index (χ1v) is 8.42. The molecule has 0 unspecified atom stereocenters. The highest BCUT2D eigenvalue weighted by Gasteiger charge is 2.14. The lowest BCUT2D eigenvalue weighted by molar-refractivity contribution is 0.427. The van der Waals surface area contributed by atoms with E-state index in [0.717, 1.165) is 15.4 Å². The highest BCUT2D eigenvalue weighted by atomic mass is 32.2. The van der Waals surface area contributed by atoms with E-state index in [0.29, 0.717) is 0 Å². The second-order valence-corrected chi connectivity index (χ2v) is 6.62. The highest BCUT2D eigenvalue weighted by Crippen LogP contribution is 2.17. The van der Waals surface area contributed by atoms with Gasteiger partial charge in [0.05, 0.1) is 24.7 Å². The lowest BCUT2D eigenvalue weighted by Gasteiger charge is -2.07. The van der Waals surface area contributed by atoms with Gasteiger partial charge in [-0.25, -0.2) is 17.6 Å². The van der Waals surface area contributed by atoms with E-state index in [9.17, 15) is 22.0 Å². The fourth-order valence-electron chi connectivity index (χ4n) is 1.77. The van der Waals surface area contributed by atoms with Crippen molar-refractivity contribution in [2.45, 2.75) is 19.9 Å². The van der Waals surface area contributed by atoms with E-state index < -0.39 is 28.2 Å². The predicted molar refractivity (Wildman–Crippen MR) is 79.3 cm³/mol. The van der Waals surface area contributed by atoms with Crippen molar-refractivity contribution in [1.82, 2.24) is 19.8 Å². The molecule has 2 rings (SSSR count). The summed E-state index contributed by atoms with van der Waals surface area (Å²) in [4.78, 5) is 12.0. The normalized spacial score (nSPS) is 11.6. The van der Waals surface area contributed by atoms with Crippen molar-refractivity contribution in [3.05, 3.63) is 34.5 Å². The number of alkyl halides is 1. The lowest BCUT2D eigenvalue weighted by Crippen LogP contribution is -2.25. The van der Waals surface area contributed by atoms with Gasteiger partial charge in [0.2, 0.25) is 10.0 Å². The van der Waals surface area contributed by atoms with Crippen LogP contribution >= 0.6 is 0 Å². The van der Waals surface area contributed by atoms with Gasteiger partial charge in [-0.05, 0) is 35.9 Å².